The zero-order valence-corrected chi connectivity index (χ0v) is 27.2. The molecular formula is C32H64O10. The molecule has 0 amide bonds. The van der Waals surface area contributed by atoms with E-state index in [0.717, 1.165) is 58.2 Å². The second-order valence-corrected chi connectivity index (χ2v) is 11.1. The van der Waals surface area contributed by atoms with Crippen molar-refractivity contribution in [2.75, 3.05) is 33.0 Å². The van der Waals surface area contributed by atoms with Crippen LogP contribution in [-0.2, 0) is 28.4 Å². The second kappa shape index (κ2) is 28.2. The molecule has 0 aromatic carbocycles. The molecule has 1 unspecified atom stereocenters. The Labute approximate surface area is 256 Å². The van der Waals surface area contributed by atoms with Crippen molar-refractivity contribution in [1.29, 1.82) is 0 Å². The molecule has 0 bridgehead atoms. The average molecular weight is 610 g/mol. The molecule has 0 saturated carbocycles. The van der Waals surface area contributed by atoms with Gasteiger partial charge in [0.15, 0.2) is 0 Å². The van der Waals surface area contributed by atoms with Gasteiger partial charge in [-0.1, -0.05) is 86.0 Å². The quantitative estimate of drug-likeness (QED) is 0.113. The number of cyclic esters (lactones) is 2. The molecule has 0 aromatic rings. The Kier molecular flexibility index (Phi) is 27.1. The molecule has 0 spiro atoms. The topological polar surface area (TPSA) is 137 Å². The van der Waals surface area contributed by atoms with Gasteiger partial charge in [0.25, 0.3) is 0 Å². The van der Waals surface area contributed by atoms with E-state index in [1.165, 1.54) is 38.5 Å². The molecule has 3 fully saturated rings. The summed E-state index contributed by atoms with van der Waals surface area (Å²) in [5.74, 6) is 0. The van der Waals surface area contributed by atoms with Crippen LogP contribution in [0.15, 0.2) is 0 Å². The SMILES string of the molecule is CCCCC1CO1.CCCC[C@@H]1CO1.CCCC[C@H](O)COC(=O)O[C@H](CO)CCCC.CCCC[C@H]1COC(=O)O1.[2HH]. The zero-order chi connectivity index (χ0) is 31.4. The highest BCUT2D eigenvalue weighted by molar-refractivity contribution is 5.61. The van der Waals surface area contributed by atoms with Gasteiger partial charge in [-0.25, -0.2) is 9.59 Å². The van der Waals surface area contributed by atoms with E-state index >= 15 is 0 Å². The molecule has 3 aliphatic rings. The summed E-state index contributed by atoms with van der Waals surface area (Å²) in [6.07, 6.45) is 14.9. The first-order valence-electron chi connectivity index (χ1n) is 16.5. The average Bonchev–Trinajstić information content (AvgIpc) is 3.94. The highest BCUT2D eigenvalue weighted by atomic mass is 16.8. The zero-order valence-electron chi connectivity index (χ0n) is 27.2. The van der Waals surface area contributed by atoms with Gasteiger partial charge in [0.1, 0.15) is 25.4 Å². The van der Waals surface area contributed by atoms with E-state index in [4.69, 9.17) is 28.8 Å². The minimum Gasteiger partial charge on any atom is -0.432 e. The van der Waals surface area contributed by atoms with Gasteiger partial charge in [0, 0.05) is 1.43 Å². The van der Waals surface area contributed by atoms with Crippen molar-refractivity contribution in [3.63, 3.8) is 0 Å². The summed E-state index contributed by atoms with van der Waals surface area (Å²) < 4.78 is 29.1. The first-order chi connectivity index (χ1) is 20.3. The molecule has 3 saturated heterocycles. The Morgan fingerprint density at radius 2 is 1.29 bits per heavy atom. The fraction of sp³-hybridized carbons (Fsp3) is 0.938. The number of unbranched alkanes of at least 4 members (excludes halogenated alkanes) is 5. The van der Waals surface area contributed by atoms with Gasteiger partial charge in [-0.15, -0.1) is 0 Å². The molecule has 0 aromatic heterocycles. The van der Waals surface area contributed by atoms with Gasteiger partial charge in [0.2, 0.25) is 0 Å². The second-order valence-electron chi connectivity index (χ2n) is 11.1. The van der Waals surface area contributed by atoms with E-state index in [2.05, 4.69) is 25.5 Å². The molecule has 252 valence electrons. The summed E-state index contributed by atoms with van der Waals surface area (Å²) in [7, 11) is 0. The van der Waals surface area contributed by atoms with Gasteiger partial charge in [0.05, 0.1) is 38.1 Å². The number of carbonyl (C=O) groups excluding carboxylic acids is 2. The third-order valence-electron chi connectivity index (χ3n) is 6.72. The van der Waals surface area contributed by atoms with E-state index < -0.39 is 24.5 Å². The maximum absolute atomic E-state index is 11.3. The van der Waals surface area contributed by atoms with E-state index in [1.807, 2.05) is 13.8 Å². The summed E-state index contributed by atoms with van der Waals surface area (Å²) in [4.78, 5) is 21.7. The van der Waals surface area contributed by atoms with Crippen LogP contribution in [-0.4, -0.2) is 86.1 Å². The van der Waals surface area contributed by atoms with Crippen LogP contribution in [0.1, 0.15) is 132 Å². The maximum Gasteiger partial charge on any atom is 0.508 e. The van der Waals surface area contributed by atoms with Crippen LogP contribution >= 0.6 is 0 Å². The number of carbonyl (C=O) groups is 2. The van der Waals surface area contributed by atoms with Gasteiger partial charge in [-0.2, -0.15) is 0 Å². The standard InChI is InChI=1S/C13H26O5.C7H12O3.2C6H12O.H2/c1-3-5-7-11(15)10-17-13(16)18-12(9-14)8-6-4-2;1-2-3-4-6-5-9-7(8)10-6;2*1-2-3-4-6-5-7-6;/h11-12,14-15H,3-10H2,1-2H3;6H,2-5H2,1H3;2*6H,2-5H2,1H3;1H/t11-,12-;2*6-;;/m001../s1/i;;;;1+1. The normalized spacial score (nSPS) is 21.0. The summed E-state index contributed by atoms with van der Waals surface area (Å²) >= 11 is 0. The van der Waals surface area contributed by atoms with Crippen molar-refractivity contribution in [2.24, 2.45) is 0 Å². The molecule has 3 aliphatic heterocycles. The summed E-state index contributed by atoms with van der Waals surface area (Å²) in [5.41, 5.74) is 0. The fourth-order valence-electron chi connectivity index (χ4n) is 3.75. The maximum atomic E-state index is 11.3. The van der Waals surface area contributed by atoms with Crippen molar-refractivity contribution < 1.29 is 49.6 Å². The predicted octanol–water partition coefficient (Wildman–Crippen LogP) is 7.35. The largest absolute Gasteiger partial charge is 0.508 e. The molecule has 3 rings (SSSR count). The molecular weight excluding hydrogens is 544 g/mol. The van der Waals surface area contributed by atoms with E-state index in [0.29, 0.717) is 31.7 Å². The van der Waals surface area contributed by atoms with E-state index in [1.54, 1.807) is 0 Å². The number of epoxide rings is 2. The number of aliphatic hydroxyl groups is 2. The number of hydrogen-bond acceptors (Lipinski definition) is 10. The molecule has 3 heterocycles. The van der Waals surface area contributed by atoms with Crippen molar-refractivity contribution in [3.8, 4) is 0 Å². The third kappa shape index (κ3) is 27.2. The minimum atomic E-state index is -0.819. The van der Waals surface area contributed by atoms with Crippen LogP contribution in [0.5, 0.6) is 0 Å². The summed E-state index contributed by atoms with van der Waals surface area (Å²) in [6, 6.07) is 0. The first kappa shape index (κ1) is 40.4. The number of hydrogen-bond donors (Lipinski definition) is 2. The monoisotopic (exact) mass is 609 g/mol. The van der Waals surface area contributed by atoms with Crippen molar-refractivity contribution in [1.82, 2.24) is 0 Å². The van der Waals surface area contributed by atoms with E-state index in [9.17, 15) is 14.7 Å². The minimum absolute atomic E-state index is 0. The lowest BCUT2D eigenvalue weighted by molar-refractivity contribution is -0.0196. The van der Waals surface area contributed by atoms with Crippen molar-refractivity contribution >= 4 is 12.3 Å². The lowest BCUT2D eigenvalue weighted by atomic mass is 10.2. The molecule has 10 heteroatoms. The lowest BCUT2D eigenvalue weighted by Gasteiger charge is -2.16. The van der Waals surface area contributed by atoms with Gasteiger partial charge in [-0.3, -0.25) is 0 Å². The van der Waals surface area contributed by atoms with Crippen LogP contribution in [0, 0.1) is 0 Å². The Hall–Kier alpha value is -1.62. The molecule has 5 atom stereocenters. The lowest BCUT2D eigenvalue weighted by Crippen LogP contribution is -2.25. The van der Waals surface area contributed by atoms with Crippen LogP contribution < -0.4 is 0 Å². The van der Waals surface area contributed by atoms with Crippen LogP contribution in [0.3, 0.4) is 0 Å². The number of rotatable bonds is 19. The van der Waals surface area contributed by atoms with Gasteiger partial charge >= 0.3 is 12.3 Å². The van der Waals surface area contributed by atoms with Crippen LogP contribution in [0.4, 0.5) is 9.59 Å². The molecule has 0 aliphatic carbocycles. The summed E-state index contributed by atoms with van der Waals surface area (Å²) in [5, 5.41) is 18.5. The van der Waals surface area contributed by atoms with Crippen LogP contribution in [0.2, 0.25) is 0 Å². The summed E-state index contributed by atoms with van der Waals surface area (Å²) in [6.45, 7) is 12.8. The first-order valence-corrected chi connectivity index (χ1v) is 16.5. The van der Waals surface area contributed by atoms with Gasteiger partial charge < -0.3 is 38.6 Å². The molecule has 0 radical (unpaired) electrons. The Balaban J connectivity index is 0. The predicted molar refractivity (Wildman–Crippen MR) is 165 cm³/mol. The Morgan fingerprint density at radius 3 is 1.69 bits per heavy atom. The van der Waals surface area contributed by atoms with Gasteiger partial charge in [-0.05, 0) is 44.9 Å². The molecule has 10 nitrogen and oxygen atoms in total. The molecule has 2 N–H and O–H groups in total. The van der Waals surface area contributed by atoms with Crippen LogP contribution in [0.25, 0.3) is 0 Å². The highest BCUT2D eigenvalue weighted by Gasteiger charge is 2.24. The van der Waals surface area contributed by atoms with E-state index in [-0.39, 0.29) is 20.7 Å². The highest BCUT2D eigenvalue weighted by Crippen LogP contribution is 2.16. The smallest absolute Gasteiger partial charge is 0.432 e. The fourth-order valence-corrected chi connectivity index (χ4v) is 3.75. The molecule has 42 heavy (non-hydrogen) atoms. The third-order valence-corrected chi connectivity index (χ3v) is 6.72. The van der Waals surface area contributed by atoms with Crippen molar-refractivity contribution in [2.45, 2.75) is 161 Å². The number of aliphatic hydroxyl groups excluding tert-OH is 2. The Morgan fingerprint density at radius 1 is 0.810 bits per heavy atom. The van der Waals surface area contributed by atoms with Crippen molar-refractivity contribution in [3.05, 3.63) is 0 Å². The number of ether oxygens (including phenoxy) is 6. The Bertz CT molecular complexity index is 615.